The summed E-state index contributed by atoms with van der Waals surface area (Å²) < 4.78 is 0. The van der Waals surface area contributed by atoms with Crippen molar-refractivity contribution in [3.8, 4) is 0 Å². The summed E-state index contributed by atoms with van der Waals surface area (Å²) in [5.41, 5.74) is 8.46. The van der Waals surface area contributed by atoms with Gasteiger partial charge in [0.05, 0.1) is 0 Å². The third kappa shape index (κ3) is 4.77. The molecular formula is C16H18ClN3O. The summed E-state index contributed by atoms with van der Waals surface area (Å²) in [5, 5.41) is 6.22. The predicted molar refractivity (Wildman–Crippen MR) is 86.4 cm³/mol. The maximum Gasteiger partial charge on any atom is 0.319 e. The molecule has 2 amide bonds. The Labute approximate surface area is 129 Å². The second-order valence-electron chi connectivity index (χ2n) is 4.85. The van der Waals surface area contributed by atoms with Gasteiger partial charge in [-0.15, -0.1) is 0 Å². The van der Waals surface area contributed by atoms with E-state index in [9.17, 15) is 4.79 Å². The van der Waals surface area contributed by atoms with Gasteiger partial charge in [0.2, 0.25) is 0 Å². The van der Waals surface area contributed by atoms with E-state index in [1.165, 1.54) is 0 Å². The Morgan fingerprint density at radius 1 is 1.24 bits per heavy atom. The van der Waals surface area contributed by atoms with E-state index in [2.05, 4.69) is 10.6 Å². The van der Waals surface area contributed by atoms with Crippen molar-refractivity contribution < 1.29 is 4.79 Å². The normalized spacial score (nSPS) is 11.8. The van der Waals surface area contributed by atoms with Crippen LogP contribution < -0.4 is 16.4 Å². The minimum Gasteiger partial charge on any atom is -0.334 e. The molecule has 0 aliphatic carbocycles. The number of hydrogen-bond acceptors (Lipinski definition) is 2. The summed E-state index contributed by atoms with van der Waals surface area (Å²) in [7, 11) is 0. The van der Waals surface area contributed by atoms with E-state index in [4.69, 9.17) is 17.3 Å². The Kier molecular flexibility index (Phi) is 5.20. The first-order valence-corrected chi connectivity index (χ1v) is 7.07. The fraction of sp³-hybridized carbons (Fsp3) is 0.188. The minimum absolute atomic E-state index is 0.0683. The van der Waals surface area contributed by atoms with Crippen LogP contribution in [0, 0.1) is 0 Å². The van der Waals surface area contributed by atoms with E-state index in [1.54, 1.807) is 6.07 Å². The molecular weight excluding hydrogens is 286 g/mol. The molecule has 0 saturated carbocycles. The summed E-state index contributed by atoms with van der Waals surface area (Å²) in [6.45, 7) is 2.32. The average molecular weight is 304 g/mol. The van der Waals surface area contributed by atoms with Crippen LogP contribution in [0.5, 0.6) is 0 Å². The van der Waals surface area contributed by atoms with Gasteiger partial charge < -0.3 is 16.4 Å². The minimum atomic E-state index is -0.267. The number of halogens is 1. The number of nitrogens with two attached hydrogens (primary N) is 1. The van der Waals surface area contributed by atoms with Gasteiger partial charge in [0.25, 0.3) is 0 Å². The lowest BCUT2D eigenvalue weighted by Gasteiger charge is -2.10. The highest BCUT2D eigenvalue weighted by molar-refractivity contribution is 6.30. The maximum atomic E-state index is 11.9. The molecule has 0 aromatic heterocycles. The van der Waals surface area contributed by atoms with Gasteiger partial charge in [-0.3, -0.25) is 0 Å². The van der Waals surface area contributed by atoms with Crippen LogP contribution in [-0.2, 0) is 6.54 Å². The summed E-state index contributed by atoms with van der Waals surface area (Å²) in [6.07, 6.45) is 0. The van der Waals surface area contributed by atoms with Crippen LogP contribution in [0.1, 0.15) is 24.1 Å². The van der Waals surface area contributed by atoms with Crippen LogP contribution in [0.2, 0.25) is 5.02 Å². The number of carbonyl (C=O) groups excluding carboxylic acids is 1. The molecule has 2 aromatic rings. The number of nitrogens with one attached hydrogen (secondary N) is 2. The molecule has 0 fully saturated rings. The third-order valence-electron chi connectivity index (χ3n) is 3.01. The van der Waals surface area contributed by atoms with Crippen molar-refractivity contribution in [2.75, 3.05) is 5.32 Å². The Hall–Kier alpha value is -2.04. The van der Waals surface area contributed by atoms with Crippen LogP contribution in [0.25, 0.3) is 0 Å². The van der Waals surface area contributed by atoms with Gasteiger partial charge in [-0.1, -0.05) is 35.9 Å². The molecule has 0 radical (unpaired) electrons. The zero-order chi connectivity index (χ0) is 15.2. The molecule has 4 nitrogen and oxygen atoms in total. The first kappa shape index (κ1) is 15.4. The van der Waals surface area contributed by atoms with Gasteiger partial charge in [-0.05, 0) is 42.3 Å². The van der Waals surface area contributed by atoms with Gasteiger partial charge in [-0.25, -0.2) is 4.79 Å². The molecule has 1 atom stereocenters. The number of carbonyl (C=O) groups is 1. The molecule has 0 aliphatic rings. The number of amides is 2. The largest absolute Gasteiger partial charge is 0.334 e. The van der Waals surface area contributed by atoms with Gasteiger partial charge in [0.1, 0.15) is 0 Å². The first-order valence-electron chi connectivity index (χ1n) is 6.69. The first-order chi connectivity index (χ1) is 10.0. The Morgan fingerprint density at radius 3 is 2.71 bits per heavy atom. The summed E-state index contributed by atoms with van der Waals surface area (Å²) in [4.78, 5) is 11.9. The second-order valence-corrected chi connectivity index (χ2v) is 5.29. The van der Waals surface area contributed by atoms with Gasteiger partial charge in [0, 0.05) is 23.3 Å². The molecule has 0 bridgehead atoms. The Morgan fingerprint density at radius 2 is 2.00 bits per heavy atom. The number of hydrogen-bond donors (Lipinski definition) is 3. The van der Waals surface area contributed by atoms with Crippen molar-refractivity contribution in [1.29, 1.82) is 0 Å². The summed E-state index contributed by atoms with van der Waals surface area (Å²) in [5.74, 6) is 0. The highest BCUT2D eigenvalue weighted by Crippen LogP contribution is 2.15. The molecule has 21 heavy (non-hydrogen) atoms. The fourth-order valence-electron chi connectivity index (χ4n) is 1.90. The van der Waals surface area contributed by atoms with Gasteiger partial charge >= 0.3 is 6.03 Å². The quantitative estimate of drug-likeness (QED) is 0.806. The number of rotatable bonds is 4. The summed E-state index contributed by atoms with van der Waals surface area (Å²) in [6, 6.07) is 14.5. The molecule has 0 aliphatic heterocycles. The second kappa shape index (κ2) is 7.11. The number of urea groups is 1. The van der Waals surface area contributed by atoms with Crippen LogP contribution in [0.4, 0.5) is 10.5 Å². The molecule has 2 rings (SSSR count). The van der Waals surface area contributed by atoms with E-state index in [1.807, 2.05) is 49.4 Å². The lowest BCUT2D eigenvalue weighted by molar-refractivity contribution is 0.251. The van der Waals surface area contributed by atoms with Crippen molar-refractivity contribution in [2.45, 2.75) is 19.5 Å². The molecule has 0 heterocycles. The van der Waals surface area contributed by atoms with Crippen molar-refractivity contribution in [3.63, 3.8) is 0 Å². The van der Waals surface area contributed by atoms with E-state index in [0.29, 0.717) is 17.3 Å². The molecule has 0 spiro atoms. The van der Waals surface area contributed by atoms with Crippen LogP contribution in [0.3, 0.4) is 0 Å². The third-order valence-corrected chi connectivity index (χ3v) is 3.25. The van der Waals surface area contributed by atoms with Crippen molar-refractivity contribution in [1.82, 2.24) is 5.32 Å². The number of benzene rings is 2. The Balaban J connectivity index is 1.91. The molecule has 1 unspecified atom stereocenters. The van der Waals surface area contributed by atoms with Crippen molar-refractivity contribution in [3.05, 3.63) is 64.7 Å². The van der Waals surface area contributed by atoms with E-state index < -0.39 is 0 Å². The summed E-state index contributed by atoms with van der Waals surface area (Å²) >= 11 is 5.90. The van der Waals surface area contributed by atoms with E-state index in [0.717, 1.165) is 11.1 Å². The van der Waals surface area contributed by atoms with Gasteiger partial charge in [0.15, 0.2) is 0 Å². The molecule has 0 saturated heterocycles. The number of anilines is 1. The molecule has 5 heteroatoms. The topological polar surface area (TPSA) is 67.1 Å². The molecule has 2 aromatic carbocycles. The highest BCUT2D eigenvalue weighted by Gasteiger charge is 2.04. The predicted octanol–water partition coefficient (Wildman–Crippen LogP) is 3.68. The average Bonchev–Trinajstić information content (AvgIpc) is 2.45. The smallest absolute Gasteiger partial charge is 0.319 e. The lowest BCUT2D eigenvalue weighted by Crippen LogP contribution is -2.28. The van der Waals surface area contributed by atoms with E-state index in [-0.39, 0.29) is 12.1 Å². The highest BCUT2D eigenvalue weighted by atomic mass is 35.5. The Bertz CT molecular complexity index is 628. The maximum absolute atomic E-state index is 11.9. The van der Waals surface area contributed by atoms with Crippen molar-refractivity contribution in [2.24, 2.45) is 5.73 Å². The van der Waals surface area contributed by atoms with Crippen LogP contribution >= 0.6 is 11.6 Å². The zero-order valence-electron chi connectivity index (χ0n) is 11.8. The van der Waals surface area contributed by atoms with Gasteiger partial charge in [-0.2, -0.15) is 0 Å². The SMILES string of the molecule is CC(N)c1cccc(NC(=O)NCc2cccc(Cl)c2)c1. The monoisotopic (exact) mass is 303 g/mol. The van der Waals surface area contributed by atoms with Crippen LogP contribution in [0.15, 0.2) is 48.5 Å². The fourth-order valence-corrected chi connectivity index (χ4v) is 2.12. The van der Waals surface area contributed by atoms with E-state index >= 15 is 0 Å². The lowest BCUT2D eigenvalue weighted by atomic mass is 10.1. The zero-order valence-corrected chi connectivity index (χ0v) is 12.5. The van der Waals surface area contributed by atoms with Crippen molar-refractivity contribution >= 4 is 23.3 Å². The van der Waals surface area contributed by atoms with Crippen LogP contribution in [-0.4, -0.2) is 6.03 Å². The molecule has 4 N–H and O–H groups in total. The standard InChI is InChI=1S/C16H18ClN3O/c1-11(18)13-5-3-7-15(9-13)20-16(21)19-10-12-4-2-6-14(17)8-12/h2-9,11H,10,18H2,1H3,(H2,19,20,21). The molecule has 110 valence electrons.